The minimum absolute atomic E-state index is 0.387. The first-order valence-corrected chi connectivity index (χ1v) is 9.00. The number of hydrogen-bond acceptors (Lipinski definition) is 2. The molecule has 1 saturated carbocycles. The van der Waals surface area contributed by atoms with Gasteiger partial charge in [-0.05, 0) is 36.5 Å². The van der Waals surface area contributed by atoms with Crippen molar-refractivity contribution in [2.45, 2.75) is 91.1 Å². The molecule has 2 unspecified atom stereocenters. The molecular weight excluding hydrogens is 246 g/mol. The van der Waals surface area contributed by atoms with Crippen LogP contribution in [0, 0.1) is 17.3 Å². The van der Waals surface area contributed by atoms with Crippen molar-refractivity contribution in [3.63, 3.8) is 0 Å². The van der Waals surface area contributed by atoms with Crippen LogP contribution in [0.3, 0.4) is 0 Å². The Hall–Kier alpha value is -0.0800. The van der Waals surface area contributed by atoms with Crippen molar-refractivity contribution in [2.75, 3.05) is 6.54 Å². The topological polar surface area (TPSA) is 21.3 Å². The van der Waals surface area contributed by atoms with Crippen LogP contribution in [0.4, 0.5) is 0 Å². The molecule has 0 bridgehead atoms. The van der Waals surface area contributed by atoms with Crippen molar-refractivity contribution in [3.8, 4) is 0 Å². The van der Waals surface area contributed by atoms with Gasteiger partial charge in [0, 0.05) is 6.54 Å². The molecule has 2 aliphatic rings. The summed E-state index contributed by atoms with van der Waals surface area (Å²) in [4.78, 5) is 6.02. The summed E-state index contributed by atoms with van der Waals surface area (Å²) >= 11 is 0. The van der Waals surface area contributed by atoms with Crippen LogP contribution >= 0.6 is 0 Å². The first-order chi connectivity index (χ1) is 9.62. The zero-order valence-corrected chi connectivity index (χ0v) is 13.9. The highest BCUT2D eigenvalue weighted by Gasteiger charge is 2.38. The van der Waals surface area contributed by atoms with E-state index in [0.29, 0.717) is 11.5 Å². The molecule has 0 aromatic heterocycles. The third-order valence-corrected chi connectivity index (χ3v) is 5.80. The fraction of sp³-hybridized carbons (Fsp3) is 1.00. The molecule has 2 fully saturated rings. The molecule has 1 N–H and O–H groups in total. The molecule has 2 atom stereocenters. The summed E-state index contributed by atoms with van der Waals surface area (Å²) in [5.41, 5.74) is 3.64. The summed E-state index contributed by atoms with van der Waals surface area (Å²) in [5, 5.41) is 0. The molecule has 0 aromatic rings. The Morgan fingerprint density at radius 3 is 2.05 bits per heavy atom. The predicted octanol–water partition coefficient (Wildman–Crippen LogP) is 5.08. The van der Waals surface area contributed by atoms with E-state index in [1.807, 2.05) is 0 Å². The summed E-state index contributed by atoms with van der Waals surface area (Å²) in [6.45, 7) is 8.22. The van der Waals surface area contributed by atoms with Crippen LogP contribution in [0.5, 0.6) is 0 Å². The molecule has 1 aliphatic heterocycles. The Bertz CT molecular complexity index is 267. The van der Waals surface area contributed by atoms with Crippen molar-refractivity contribution >= 4 is 0 Å². The van der Waals surface area contributed by atoms with Gasteiger partial charge in [0.25, 0.3) is 0 Å². The Kier molecular flexibility index (Phi) is 6.35. The average molecular weight is 281 g/mol. The number of hydrogen-bond donors (Lipinski definition) is 1. The lowest BCUT2D eigenvalue weighted by atomic mass is 9.71. The monoisotopic (exact) mass is 281 g/mol. The normalized spacial score (nSPS) is 33.0. The first-order valence-electron chi connectivity index (χ1n) is 9.00. The highest BCUT2D eigenvalue weighted by Crippen LogP contribution is 2.41. The smallest absolute Gasteiger partial charge is 0.0846 e. The minimum Gasteiger partial charge on any atom is -0.298 e. The molecule has 2 nitrogen and oxygen atoms in total. The van der Waals surface area contributed by atoms with Gasteiger partial charge in [0.15, 0.2) is 0 Å². The lowest BCUT2D eigenvalue weighted by Gasteiger charge is -2.43. The highest BCUT2D eigenvalue weighted by molar-refractivity contribution is 4.88. The van der Waals surface area contributed by atoms with Crippen LogP contribution < -0.4 is 5.48 Å². The lowest BCUT2D eigenvalue weighted by molar-refractivity contribution is -0.141. The van der Waals surface area contributed by atoms with Gasteiger partial charge in [-0.3, -0.25) is 4.84 Å². The second-order valence-electron chi connectivity index (χ2n) is 7.82. The van der Waals surface area contributed by atoms with Gasteiger partial charge in [-0.2, -0.15) is 0 Å². The van der Waals surface area contributed by atoms with Crippen LogP contribution in [0.1, 0.15) is 85.0 Å². The van der Waals surface area contributed by atoms with E-state index >= 15 is 0 Å². The number of rotatable bonds is 2. The van der Waals surface area contributed by atoms with E-state index in [1.165, 1.54) is 64.2 Å². The van der Waals surface area contributed by atoms with E-state index in [-0.39, 0.29) is 0 Å². The van der Waals surface area contributed by atoms with Crippen molar-refractivity contribution in [3.05, 3.63) is 0 Å². The van der Waals surface area contributed by atoms with Gasteiger partial charge in [-0.15, -0.1) is 0 Å². The van der Waals surface area contributed by atoms with Crippen molar-refractivity contribution in [1.29, 1.82) is 0 Å². The third-order valence-electron chi connectivity index (χ3n) is 5.80. The summed E-state index contributed by atoms with van der Waals surface area (Å²) in [6, 6.07) is 0. The molecule has 0 radical (unpaired) electrons. The summed E-state index contributed by atoms with van der Waals surface area (Å²) in [6.07, 6.45) is 14.3. The van der Waals surface area contributed by atoms with Crippen LogP contribution in [0.15, 0.2) is 0 Å². The molecule has 1 aliphatic carbocycles. The largest absolute Gasteiger partial charge is 0.298 e. The van der Waals surface area contributed by atoms with Gasteiger partial charge in [0.1, 0.15) is 0 Å². The molecule has 118 valence electrons. The molecule has 0 aromatic carbocycles. The van der Waals surface area contributed by atoms with Gasteiger partial charge in [0.2, 0.25) is 0 Å². The van der Waals surface area contributed by atoms with Gasteiger partial charge < -0.3 is 0 Å². The third kappa shape index (κ3) is 4.46. The fourth-order valence-electron chi connectivity index (χ4n) is 3.99. The first kappa shape index (κ1) is 16.3. The van der Waals surface area contributed by atoms with E-state index in [1.54, 1.807) is 0 Å². The van der Waals surface area contributed by atoms with Crippen LogP contribution in [-0.2, 0) is 4.84 Å². The second-order valence-corrected chi connectivity index (χ2v) is 7.82. The predicted molar refractivity (Wildman–Crippen MR) is 85.5 cm³/mol. The number of nitrogens with one attached hydrogen (secondary N) is 1. The van der Waals surface area contributed by atoms with Gasteiger partial charge in [0.05, 0.1) is 6.10 Å². The summed E-state index contributed by atoms with van der Waals surface area (Å²) in [5.74, 6) is 1.54. The molecular formula is C18H35NO. The lowest BCUT2D eigenvalue weighted by Crippen LogP contribution is -2.47. The standard InChI is InChI=1S/C18H35NO/c1-15(2)16-13-17(20-19-14-16)18(3)11-9-7-5-4-6-8-10-12-18/h15-17,19H,4-14H2,1-3H3. The SMILES string of the molecule is CC(C)C1CNOC(C2(C)CCCCCCCCC2)C1. The van der Waals surface area contributed by atoms with E-state index < -0.39 is 0 Å². The Labute approximate surface area is 126 Å². The molecule has 20 heavy (non-hydrogen) atoms. The van der Waals surface area contributed by atoms with Gasteiger partial charge in [-0.1, -0.05) is 65.7 Å². The van der Waals surface area contributed by atoms with E-state index in [9.17, 15) is 0 Å². The summed E-state index contributed by atoms with van der Waals surface area (Å²) in [7, 11) is 0. The van der Waals surface area contributed by atoms with Gasteiger partial charge in [-0.25, -0.2) is 5.48 Å². The van der Waals surface area contributed by atoms with Crippen molar-refractivity contribution in [2.24, 2.45) is 17.3 Å². The molecule has 2 heteroatoms. The maximum Gasteiger partial charge on any atom is 0.0846 e. The Morgan fingerprint density at radius 1 is 0.950 bits per heavy atom. The van der Waals surface area contributed by atoms with Crippen molar-refractivity contribution < 1.29 is 4.84 Å². The maximum absolute atomic E-state index is 6.02. The maximum atomic E-state index is 6.02. The fourth-order valence-corrected chi connectivity index (χ4v) is 3.99. The Balaban J connectivity index is 1.97. The highest BCUT2D eigenvalue weighted by atomic mass is 16.7. The van der Waals surface area contributed by atoms with E-state index in [2.05, 4.69) is 26.3 Å². The van der Waals surface area contributed by atoms with E-state index in [0.717, 1.165) is 18.4 Å². The quantitative estimate of drug-likeness (QED) is 0.762. The van der Waals surface area contributed by atoms with Crippen molar-refractivity contribution in [1.82, 2.24) is 5.48 Å². The number of hydroxylamine groups is 1. The van der Waals surface area contributed by atoms with Crippen LogP contribution in [-0.4, -0.2) is 12.6 Å². The molecule has 1 heterocycles. The van der Waals surface area contributed by atoms with Crippen LogP contribution in [0.2, 0.25) is 0 Å². The molecule has 2 rings (SSSR count). The summed E-state index contributed by atoms with van der Waals surface area (Å²) < 4.78 is 0. The Morgan fingerprint density at radius 2 is 1.50 bits per heavy atom. The molecule has 0 amide bonds. The molecule has 1 saturated heterocycles. The van der Waals surface area contributed by atoms with E-state index in [4.69, 9.17) is 4.84 Å². The van der Waals surface area contributed by atoms with Crippen LogP contribution in [0.25, 0.3) is 0 Å². The molecule has 0 spiro atoms. The zero-order chi connectivity index (χ0) is 14.4. The zero-order valence-electron chi connectivity index (χ0n) is 13.9. The minimum atomic E-state index is 0.387. The average Bonchev–Trinajstić information content (AvgIpc) is 2.46. The second kappa shape index (κ2) is 7.79. The van der Waals surface area contributed by atoms with Gasteiger partial charge >= 0.3 is 0 Å².